The van der Waals surface area contributed by atoms with E-state index in [-0.39, 0.29) is 5.56 Å². The topological polar surface area (TPSA) is 12.5 Å². The summed E-state index contributed by atoms with van der Waals surface area (Å²) in [6.07, 6.45) is 2.30. The van der Waals surface area contributed by atoms with Crippen molar-refractivity contribution in [3.63, 3.8) is 0 Å². The van der Waals surface area contributed by atoms with Gasteiger partial charge in [0.15, 0.2) is 0 Å². The Labute approximate surface area is 73.5 Å². The number of halogens is 1. The highest BCUT2D eigenvalue weighted by Gasteiger charge is 2.26. The van der Waals surface area contributed by atoms with Crippen LogP contribution in [0.1, 0.15) is 19.8 Å². The molecule has 0 bridgehead atoms. The van der Waals surface area contributed by atoms with E-state index in [1.54, 1.807) is 0 Å². The first-order valence-corrected chi connectivity index (χ1v) is 4.65. The van der Waals surface area contributed by atoms with Gasteiger partial charge in [0.25, 0.3) is 0 Å². The summed E-state index contributed by atoms with van der Waals surface area (Å²) in [5.41, 5.74) is -0.103. The average molecular weight is 178 g/mol. The number of rotatable bonds is 2. The molecular weight excluding hydrogens is 162 g/mol. The number of likely N-dealkylation sites (N-methyl/N-ethyl adjacent to an activating group) is 1. The third-order valence-electron chi connectivity index (χ3n) is 2.17. The smallest absolute Gasteiger partial charge is 0.146 e. The summed E-state index contributed by atoms with van der Waals surface area (Å²) in [5.74, 6) is 0. The van der Waals surface area contributed by atoms with Crippen molar-refractivity contribution in [3.05, 3.63) is 0 Å². The van der Waals surface area contributed by atoms with E-state index in [1.165, 1.54) is 6.42 Å². The summed E-state index contributed by atoms with van der Waals surface area (Å²) >= 11 is 5.99. The summed E-state index contributed by atoms with van der Waals surface area (Å²) in [6.45, 7) is 3.95. The van der Waals surface area contributed by atoms with Crippen LogP contribution in [0.2, 0.25) is 0 Å². The van der Waals surface area contributed by atoms with E-state index in [9.17, 15) is 0 Å². The van der Waals surface area contributed by atoms with Crippen LogP contribution in [0.3, 0.4) is 0 Å². The van der Waals surface area contributed by atoms with E-state index in [2.05, 4.69) is 18.9 Å². The van der Waals surface area contributed by atoms with Gasteiger partial charge in [-0.05, 0) is 13.5 Å². The van der Waals surface area contributed by atoms with Crippen LogP contribution in [-0.2, 0) is 4.74 Å². The molecule has 0 N–H and O–H groups in total. The van der Waals surface area contributed by atoms with Crippen LogP contribution in [0.5, 0.6) is 0 Å². The maximum atomic E-state index is 5.99. The average Bonchev–Trinajstić information content (AvgIpc) is 1.97. The van der Waals surface area contributed by atoms with E-state index >= 15 is 0 Å². The molecule has 1 aliphatic heterocycles. The SMILES string of the molecule is CCCC1C(Cl)OCCN1C. The predicted octanol–water partition coefficient (Wildman–Crippen LogP) is 1.68. The molecule has 66 valence electrons. The van der Waals surface area contributed by atoms with Crippen LogP contribution < -0.4 is 0 Å². The molecule has 1 saturated heterocycles. The standard InChI is InChI=1S/C8H16ClNO/c1-3-4-7-8(9)11-6-5-10(7)2/h7-8H,3-6H2,1-2H3. The molecule has 0 amide bonds. The Morgan fingerprint density at radius 1 is 1.64 bits per heavy atom. The molecule has 3 heteroatoms. The van der Waals surface area contributed by atoms with Gasteiger partial charge in [-0.25, -0.2) is 0 Å². The molecule has 0 aromatic heterocycles. The van der Waals surface area contributed by atoms with Gasteiger partial charge in [-0.1, -0.05) is 24.9 Å². The van der Waals surface area contributed by atoms with Gasteiger partial charge in [-0.3, -0.25) is 4.90 Å². The summed E-state index contributed by atoms with van der Waals surface area (Å²) in [5, 5.41) is 0. The zero-order chi connectivity index (χ0) is 8.27. The fourth-order valence-electron chi connectivity index (χ4n) is 1.43. The Bertz CT molecular complexity index is 111. The Hall–Kier alpha value is 0.210. The minimum atomic E-state index is -0.103. The van der Waals surface area contributed by atoms with Crippen LogP contribution in [0.4, 0.5) is 0 Å². The number of alkyl halides is 1. The lowest BCUT2D eigenvalue weighted by Crippen LogP contribution is -2.46. The molecule has 11 heavy (non-hydrogen) atoms. The van der Waals surface area contributed by atoms with Crippen molar-refractivity contribution in [2.24, 2.45) is 0 Å². The van der Waals surface area contributed by atoms with E-state index in [1.807, 2.05) is 0 Å². The third kappa shape index (κ3) is 2.32. The van der Waals surface area contributed by atoms with Crippen molar-refractivity contribution in [2.45, 2.75) is 31.4 Å². The zero-order valence-electron chi connectivity index (χ0n) is 7.22. The Morgan fingerprint density at radius 3 is 2.91 bits per heavy atom. The molecule has 0 aromatic rings. The van der Waals surface area contributed by atoms with Gasteiger partial charge in [-0.2, -0.15) is 0 Å². The number of morpholine rings is 1. The first kappa shape index (κ1) is 9.30. The molecule has 1 rings (SSSR count). The highest BCUT2D eigenvalue weighted by Crippen LogP contribution is 2.19. The maximum Gasteiger partial charge on any atom is 0.146 e. The predicted molar refractivity (Wildman–Crippen MR) is 46.9 cm³/mol. The maximum absolute atomic E-state index is 5.99. The minimum Gasteiger partial charge on any atom is -0.359 e. The van der Waals surface area contributed by atoms with Gasteiger partial charge in [0.05, 0.1) is 6.61 Å². The Morgan fingerprint density at radius 2 is 2.36 bits per heavy atom. The zero-order valence-corrected chi connectivity index (χ0v) is 7.97. The van der Waals surface area contributed by atoms with Crippen molar-refractivity contribution in [1.29, 1.82) is 0 Å². The molecule has 1 fully saturated rings. The fourth-order valence-corrected chi connectivity index (χ4v) is 1.84. The van der Waals surface area contributed by atoms with E-state index < -0.39 is 0 Å². The summed E-state index contributed by atoms with van der Waals surface area (Å²) in [6, 6.07) is 0.412. The molecule has 0 radical (unpaired) electrons. The summed E-state index contributed by atoms with van der Waals surface area (Å²) in [4.78, 5) is 2.28. The summed E-state index contributed by atoms with van der Waals surface area (Å²) < 4.78 is 5.34. The van der Waals surface area contributed by atoms with E-state index in [0.717, 1.165) is 19.6 Å². The molecule has 0 saturated carbocycles. The quantitative estimate of drug-likeness (QED) is 0.596. The molecule has 1 heterocycles. The lowest BCUT2D eigenvalue weighted by atomic mass is 10.1. The van der Waals surface area contributed by atoms with Gasteiger partial charge >= 0.3 is 0 Å². The molecule has 0 aliphatic carbocycles. The second kappa shape index (κ2) is 4.29. The van der Waals surface area contributed by atoms with Crippen molar-refractivity contribution in [2.75, 3.05) is 20.2 Å². The van der Waals surface area contributed by atoms with E-state index in [0.29, 0.717) is 6.04 Å². The lowest BCUT2D eigenvalue weighted by molar-refractivity contribution is -0.0216. The van der Waals surface area contributed by atoms with Crippen LogP contribution in [0, 0.1) is 0 Å². The highest BCUT2D eigenvalue weighted by atomic mass is 35.5. The molecule has 2 unspecified atom stereocenters. The monoisotopic (exact) mass is 177 g/mol. The number of nitrogens with zero attached hydrogens (tertiary/aromatic N) is 1. The number of ether oxygens (including phenoxy) is 1. The fraction of sp³-hybridized carbons (Fsp3) is 1.00. The lowest BCUT2D eigenvalue weighted by Gasteiger charge is -2.35. The Kier molecular flexibility index (Phi) is 3.63. The molecule has 0 aromatic carbocycles. The van der Waals surface area contributed by atoms with Gasteiger partial charge in [0, 0.05) is 12.6 Å². The van der Waals surface area contributed by atoms with Crippen molar-refractivity contribution < 1.29 is 4.74 Å². The minimum absolute atomic E-state index is 0.103. The van der Waals surface area contributed by atoms with Crippen molar-refractivity contribution >= 4 is 11.6 Å². The van der Waals surface area contributed by atoms with Crippen LogP contribution in [-0.4, -0.2) is 36.7 Å². The van der Waals surface area contributed by atoms with Gasteiger partial charge < -0.3 is 4.74 Å². The Balaban J connectivity index is 2.41. The van der Waals surface area contributed by atoms with Gasteiger partial charge in [-0.15, -0.1) is 0 Å². The first-order chi connectivity index (χ1) is 5.25. The third-order valence-corrected chi connectivity index (χ3v) is 2.59. The highest BCUT2D eigenvalue weighted by molar-refractivity contribution is 6.20. The normalized spacial score (nSPS) is 34.1. The van der Waals surface area contributed by atoms with Crippen LogP contribution in [0.15, 0.2) is 0 Å². The molecule has 2 atom stereocenters. The molecule has 0 spiro atoms. The van der Waals surface area contributed by atoms with Crippen LogP contribution in [0.25, 0.3) is 0 Å². The van der Waals surface area contributed by atoms with Crippen molar-refractivity contribution in [1.82, 2.24) is 4.90 Å². The van der Waals surface area contributed by atoms with Crippen LogP contribution >= 0.6 is 11.6 Å². The number of hydrogen-bond acceptors (Lipinski definition) is 2. The second-order valence-electron chi connectivity index (χ2n) is 3.06. The first-order valence-electron chi connectivity index (χ1n) is 4.21. The summed E-state index contributed by atoms with van der Waals surface area (Å²) in [7, 11) is 2.11. The molecule has 1 aliphatic rings. The largest absolute Gasteiger partial charge is 0.359 e. The van der Waals surface area contributed by atoms with Gasteiger partial charge in [0.2, 0.25) is 0 Å². The number of hydrogen-bond donors (Lipinski definition) is 0. The van der Waals surface area contributed by atoms with Gasteiger partial charge in [0.1, 0.15) is 5.56 Å². The molecule has 2 nitrogen and oxygen atoms in total. The van der Waals surface area contributed by atoms with Crippen molar-refractivity contribution in [3.8, 4) is 0 Å². The second-order valence-corrected chi connectivity index (χ2v) is 3.49. The van der Waals surface area contributed by atoms with E-state index in [4.69, 9.17) is 16.3 Å². The molecular formula is C8H16ClNO.